The highest BCUT2D eigenvalue weighted by Crippen LogP contribution is 2.12. The van der Waals surface area contributed by atoms with Gasteiger partial charge in [0.1, 0.15) is 5.82 Å². The number of hydrogen-bond donors (Lipinski definition) is 1. The Morgan fingerprint density at radius 2 is 2.00 bits per heavy atom. The van der Waals surface area contributed by atoms with E-state index in [0.29, 0.717) is 12.1 Å². The summed E-state index contributed by atoms with van der Waals surface area (Å²) in [5.41, 5.74) is 1.18. The zero-order chi connectivity index (χ0) is 14.4. The number of piperidine rings is 1. The molecule has 1 unspecified atom stereocenters. The molecule has 1 atom stereocenters. The third-order valence-corrected chi connectivity index (χ3v) is 3.88. The molecule has 0 spiro atoms. The molecule has 1 aliphatic rings. The first-order valence-electron chi connectivity index (χ1n) is 7.33. The first-order valence-corrected chi connectivity index (χ1v) is 7.33. The van der Waals surface area contributed by atoms with Crippen LogP contribution in [0.5, 0.6) is 0 Å². The molecular weight excluding hydrogens is 251 g/mol. The first kappa shape index (κ1) is 15.0. The summed E-state index contributed by atoms with van der Waals surface area (Å²) < 4.78 is 12.9. The van der Waals surface area contributed by atoms with Gasteiger partial charge in [-0.3, -0.25) is 4.90 Å². The molecule has 20 heavy (non-hydrogen) atoms. The van der Waals surface area contributed by atoms with Gasteiger partial charge in [0.2, 0.25) is 0 Å². The standard InChI is InChI=1S/C17H23FN2/c1-3-10-20-11-8-17(9-12-20)19-14(2)13-15-4-6-16(18)7-5-15/h1,4-7,14,17,19H,8-13H2,2H3. The molecule has 2 nitrogen and oxygen atoms in total. The lowest BCUT2D eigenvalue weighted by atomic mass is 10.0. The summed E-state index contributed by atoms with van der Waals surface area (Å²) in [6.07, 6.45) is 8.57. The first-order chi connectivity index (χ1) is 9.67. The third kappa shape index (κ3) is 4.63. The molecule has 1 heterocycles. The van der Waals surface area contributed by atoms with Crippen molar-refractivity contribution in [2.75, 3.05) is 19.6 Å². The molecule has 1 aliphatic heterocycles. The molecule has 0 bridgehead atoms. The molecule has 0 amide bonds. The summed E-state index contributed by atoms with van der Waals surface area (Å²) in [6.45, 7) is 5.10. The normalized spacial score (nSPS) is 18.6. The fraction of sp³-hybridized carbons (Fsp3) is 0.529. The van der Waals surface area contributed by atoms with Crippen molar-refractivity contribution in [3.63, 3.8) is 0 Å². The average Bonchev–Trinajstić information content (AvgIpc) is 2.44. The van der Waals surface area contributed by atoms with Crippen LogP contribution in [0.3, 0.4) is 0 Å². The molecule has 0 aromatic heterocycles. The Balaban J connectivity index is 1.74. The van der Waals surface area contributed by atoms with E-state index >= 15 is 0 Å². The Hall–Kier alpha value is -1.37. The van der Waals surface area contributed by atoms with Gasteiger partial charge in [0.15, 0.2) is 0 Å². The number of terminal acetylenes is 1. The van der Waals surface area contributed by atoms with Crippen LogP contribution >= 0.6 is 0 Å². The van der Waals surface area contributed by atoms with Crippen LogP contribution in [0.15, 0.2) is 24.3 Å². The van der Waals surface area contributed by atoms with E-state index in [1.54, 1.807) is 0 Å². The van der Waals surface area contributed by atoms with Crippen LogP contribution in [-0.4, -0.2) is 36.6 Å². The van der Waals surface area contributed by atoms with Crippen molar-refractivity contribution in [3.05, 3.63) is 35.6 Å². The van der Waals surface area contributed by atoms with E-state index in [9.17, 15) is 4.39 Å². The van der Waals surface area contributed by atoms with Crippen molar-refractivity contribution in [1.29, 1.82) is 0 Å². The van der Waals surface area contributed by atoms with E-state index in [0.717, 1.165) is 38.9 Å². The quantitative estimate of drug-likeness (QED) is 0.830. The Morgan fingerprint density at radius 3 is 2.60 bits per heavy atom. The number of rotatable bonds is 5. The second-order valence-electron chi connectivity index (χ2n) is 5.65. The Bertz CT molecular complexity index is 441. The zero-order valence-electron chi connectivity index (χ0n) is 12.1. The zero-order valence-corrected chi connectivity index (χ0v) is 12.1. The molecule has 3 heteroatoms. The topological polar surface area (TPSA) is 15.3 Å². The van der Waals surface area contributed by atoms with Gasteiger partial charge in [-0.25, -0.2) is 4.39 Å². The minimum atomic E-state index is -0.171. The van der Waals surface area contributed by atoms with Crippen LogP contribution in [0.1, 0.15) is 25.3 Å². The minimum absolute atomic E-state index is 0.171. The SMILES string of the molecule is C#CCN1CCC(NC(C)Cc2ccc(F)cc2)CC1. The van der Waals surface area contributed by atoms with Crippen LogP contribution in [0.4, 0.5) is 4.39 Å². The number of hydrogen-bond acceptors (Lipinski definition) is 2. The van der Waals surface area contributed by atoms with E-state index in [1.807, 2.05) is 12.1 Å². The van der Waals surface area contributed by atoms with Crippen molar-refractivity contribution < 1.29 is 4.39 Å². The summed E-state index contributed by atoms with van der Waals surface area (Å²) in [5, 5.41) is 3.67. The summed E-state index contributed by atoms with van der Waals surface area (Å²) >= 11 is 0. The van der Waals surface area contributed by atoms with E-state index in [2.05, 4.69) is 23.1 Å². The average molecular weight is 274 g/mol. The van der Waals surface area contributed by atoms with Gasteiger partial charge < -0.3 is 5.32 Å². The number of nitrogens with zero attached hydrogens (tertiary/aromatic N) is 1. The number of benzene rings is 1. The van der Waals surface area contributed by atoms with Crippen LogP contribution < -0.4 is 5.32 Å². The van der Waals surface area contributed by atoms with E-state index in [1.165, 1.54) is 17.7 Å². The molecule has 1 aromatic carbocycles. The van der Waals surface area contributed by atoms with Crippen molar-refractivity contribution in [3.8, 4) is 12.3 Å². The smallest absolute Gasteiger partial charge is 0.123 e. The van der Waals surface area contributed by atoms with Crippen molar-refractivity contribution in [2.24, 2.45) is 0 Å². The third-order valence-electron chi connectivity index (χ3n) is 3.88. The van der Waals surface area contributed by atoms with Crippen molar-refractivity contribution in [1.82, 2.24) is 10.2 Å². The second kappa shape index (κ2) is 7.42. The molecule has 108 valence electrons. The fourth-order valence-electron chi connectivity index (χ4n) is 2.82. The lowest BCUT2D eigenvalue weighted by Crippen LogP contribution is -2.46. The highest BCUT2D eigenvalue weighted by atomic mass is 19.1. The summed E-state index contributed by atoms with van der Waals surface area (Å²) in [6, 6.07) is 7.76. The summed E-state index contributed by atoms with van der Waals surface area (Å²) in [5.74, 6) is 2.53. The van der Waals surface area contributed by atoms with Crippen LogP contribution in [-0.2, 0) is 6.42 Å². The Morgan fingerprint density at radius 1 is 1.35 bits per heavy atom. The van der Waals surface area contributed by atoms with Gasteiger partial charge >= 0.3 is 0 Å². The van der Waals surface area contributed by atoms with E-state index in [-0.39, 0.29) is 5.82 Å². The molecule has 1 saturated heterocycles. The molecule has 1 aromatic rings. The van der Waals surface area contributed by atoms with Crippen molar-refractivity contribution >= 4 is 0 Å². The van der Waals surface area contributed by atoms with Gasteiger partial charge in [-0.2, -0.15) is 0 Å². The van der Waals surface area contributed by atoms with Crippen molar-refractivity contribution in [2.45, 2.75) is 38.3 Å². The van der Waals surface area contributed by atoms with Gasteiger partial charge in [0, 0.05) is 25.2 Å². The minimum Gasteiger partial charge on any atom is -0.311 e. The number of nitrogens with one attached hydrogen (secondary N) is 1. The highest BCUT2D eigenvalue weighted by molar-refractivity contribution is 5.17. The Kier molecular flexibility index (Phi) is 5.58. The molecule has 0 aliphatic carbocycles. The largest absolute Gasteiger partial charge is 0.311 e. The highest BCUT2D eigenvalue weighted by Gasteiger charge is 2.19. The van der Waals surface area contributed by atoms with Gasteiger partial charge in [0.25, 0.3) is 0 Å². The predicted octanol–water partition coefficient (Wildman–Crippen LogP) is 2.44. The van der Waals surface area contributed by atoms with E-state index < -0.39 is 0 Å². The van der Waals surface area contributed by atoms with Gasteiger partial charge in [-0.1, -0.05) is 18.1 Å². The molecule has 1 N–H and O–H groups in total. The maximum atomic E-state index is 12.9. The molecule has 0 radical (unpaired) electrons. The molecule has 1 fully saturated rings. The lowest BCUT2D eigenvalue weighted by molar-refractivity contribution is 0.210. The van der Waals surface area contributed by atoms with E-state index in [4.69, 9.17) is 6.42 Å². The maximum absolute atomic E-state index is 12.9. The molecular formula is C17H23FN2. The van der Waals surface area contributed by atoms with Gasteiger partial charge in [-0.05, 0) is 43.9 Å². The predicted molar refractivity (Wildman–Crippen MR) is 81.0 cm³/mol. The number of halogens is 1. The number of likely N-dealkylation sites (tertiary alicyclic amines) is 1. The van der Waals surface area contributed by atoms with Gasteiger partial charge in [0.05, 0.1) is 6.54 Å². The molecule has 0 saturated carbocycles. The van der Waals surface area contributed by atoms with Crippen LogP contribution in [0.2, 0.25) is 0 Å². The van der Waals surface area contributed by atoms with Crippen LogP contribution in [0.25, 0.3) is 0 Å². The molecule has 2 rings (SSSR count). The monoisotopic (exact) mass is 274 g/mol. The maximum Gasteiger partial charge on any atom is 0.123 e. The second-order valence-corrected chi connectivity index (χ2v) is 5.65. The fourth-order valence-corrected chi connectivity index (χ4v) is 2.82. The Labute approximate surface area is 121 Å². The summed E-state index contributed by atoms with van der Waals surface area (Å²) in [4.78, 5) is 2.32. The van der Waals surface area contributed by atoms with Gasteiger partial charge in [-0.15, -0.1) is 6.42 Å². The lowest BCUT2D eigenvalue weighted by Gasteiger charge is -2.33. The van der Waals surface area contributed by atoms with Crippen LogP contribution in [0, 0.1) is 18.2 Å². The summed E-state index contributed by atoms with van der Waals surface area (Å²) in [7, 11) is 0.